The van der Waals surface area contributed by atoms with Gasteiger partial charge < -0.3 is 34.5 Å². The summed E-state index contributed by atoms with van der Waals surface area (Å²) in [6, 6.07) is 27.7. The van der Waals surface area contributed by atoms with E-state index in [1.807, 2.05) is 0 Å². The van der Waals surface area contributed by atoms with Crippen molar-refractivity contribution in [2.24, 2.45) is 0 Å². The van der Waals surface area contributed by atoms with Crippen LogP contribution in [0.25, 0.3) is 0 Å². The fourth-order valence-corrected chi connectivity index (χ4v) is 4.77. The minimum Gasteiger partial charge on any atom is -0.478 e. The third kappa shape index (κ3) is 9.07. The van der Waals surface area contributed by atoms with E-state index in [0.29, 0.717) is 34.4 Å². The van der Waals surface area contributed by atoms with Crippen molar-refractivity contribution in [2.45, 2.75) is 6.61 Å². The normalized spacial score (nSPS) is 10.4. The van der Waals surface area contributed by atoms with Gasteiger partial charge in [-0.15, -0.1) is 0 Å². The maximum atomic E-state index is 12.9. The molecule has 0 spiro atoms. The first-order valence-corrected chi connectivity index (χ1v) is 15.3. The number of anilines is 2. The molecule has 5 aromatic rings. The summed E-state index contributed by atoms with van der Waals surface area (Å²) >= 11 is 0. The van der Waals surface area contributed by atoms with E-state index >= 15 is 0 Å². The maximum Gasteiger partial charge on any atom is 0.337 e. The molecule has 0 aliphatic rings. The monoisotopic (exact) mass is 706 g/mol. The zero-order valence-corrected chi connectivity index (χ0v) is 27.6. The molecule has 0 saturated carbocycles. The topological polar surface area (TPSA) is 196 Å². The van der Waals surface area contributed by atoms with Crippen LogP contribution in [-0.4, -0.2) is 54.2 Å². The number of hydrogen-bond acceptors (Lipinski definition) is 11. The second-order valence-corrected chi connectivity index (χ2v) is 10.8. The highest BCUT2D eigenvalue weighted by Crippen LogP contribution is 2.28. The molecule has 0 atom stereocenters. The van der Waals surface area contributed by atoms with E-state index in [-0.39, 0.29) is 40.0 Å². The molecular formula is C38H30N2O12. The summed E-state index contributed by atoms with van der Waals surface area (Å²) in [5.41, 5.74) is 3.72. The van der Waals surface area contributed by atoms with E-state index in [2.05, 4.69) is 15.5 Å². The van der Waals surface area contributed by atoms with E-state index in [9.17, 15) is 34.2 Å². The third-order valence-electron chi connectivity index (χ3n) is 7.35. The smallest absolute Gasteiger partial charge is 0.337 e. The number of hydrogen-bond donors (Lipinski definition) is 4. The molecule has 0 radical (unpaired) electrons. The van der Waals surface area contributed by atoms with Crippen molar-refractivity contribution in [3.05, 3.63) is 143 Å². The first-order valence-electron chi connectivity index (χ1n) is 15.3. The van der Waals surface area contributed by atoms with Crippen LogP contribution in [0.4, 0.5) is 11.4 Å². The number of rotatable bonds is 14. The predicted molar refractivity (Wildman–Crippen MR) is 185 cm³/mol. The lowest BCUT2D eigenvalue weighted by atomic mass is 10.0. The van der Waals surface area contributed by atoms with Crippen molar-refractivity contribution in [1.82, 2.24) is 0 Å². The summed E-state index contributed by atoms with van der Waals surface area (Å²) in [6.45, 7) is -0.135. The Balaban J connectivity index is 1.13. The Kier molecular flexibility index (Phi) is 11.4. The van der Waals surface area contributed by atoms with Crippen molar-refractivity contribution in [3.8, 4) is 23.0 Å². The second kappa shape index (κ2) is 16.5. The van der Waals surface area contributed by atoms with E-state index in [4.69, 9.17) is 19.0 Å². The molecule has 0 fully saturated rings. The average molecular weight is 707 g/mol. The molecule has 0 aliphatic carbocycles. The Morgan fingerprint density at radius 3 is 1.46 bits per heavy atom. The first kappa shape index (κ1) is 36.1. The molecule has 264 valence electrons. The number of ether oxygens (including phenoxy) is 4. The molecule has 1 amide bonds. The summed E-state index contributed by atoms with van der Waals surface area (Å²) in [5.74, 6) is -2.46. The lowest BCUT2D eigenvalue weighted by molar-refractivity contribution is 0.0591. The van der Waals surface area contributed by atoms with Crippen molar-refractivity contribution in [3.63, 3.8) is 0 Å². The fraction of sp³-hybridized carbons (Fsp3) is 0.0789. The van der Waals surface area contributed by atoms with E-state index < -0.39 is 29.8 Å². The van der Waals surface area contributed by atoms with Crippen LogP contribution < -0.4 is 20.3 Å². The van der Waals surface area contributed by atoms with Crippen LogP contribution in [0.2, 0.25) is 0 Å². The van der Waals surface area contributed by atoms with Gasteiger partial charge in [0.1, 0.15) is 29.6 Å². The first-order chi connectivity index (χ1) is 25.0. The van der Waals surface area contributed by atoms with Crippen LogP contribution in [0.3, 0.4) is 0 Å². The Bertz CT molecular complexity index is 2110. The summed E-state index contributed by atoms with van der Waals surface area (Å²) in [5, 5.41) is 21.6. The quantitative estimate of drug-likeness (QED) is 0.0679. The standard InChI is InChI=1S/C38H30N2O12/c1-48-37(46)22-3-17-31(35(42)43)24(19-22)21-50-40-26-7-11-28(12-8-26)52-30-15-13-29(14-16-30)51-27-9-5-25(6-10-27)39-34(41)33-20-23(38(47)49-2)4-18-32(33)36(44)45/h3-20,40H,21H2,1-2H3,(H,39,41)(H,42,43)(H,44,45). The third-order valence-corrected chi connectivity index (χ3v) is 7.35. The van der Waals surface area contributed by atoms with Gasteiger partial charge in [0.15, 0.2) is 0 Å². The van der Waals surface area contributed by atoms with Gasteiger partial charge in [0, 0.05) is 5.69 Å². The molecule has 4 N–H and O–H groups in total. The molecule has 0 bridgehead atoms. The molecule has 0 unspecified atom stereocenters. The minimum atomic E-state index is -1.32. The summed E-state index contributed by atoms with van der Waals surface area (Å²) in [4.78, 5) is 65.3. The SMILES string of the molecule is COC(=O)c1ccc(C(=O)O)c(CONc2ccc(Oc3ccc(Oc4ccc(NC(=O)c5cc(C(=O)OC)ccc5C(=O)O)cc4)cc3)cc2)c1. The highest BCUT2D eigenvalue weighted by atomic mass is 16.6. The van der Waals surface area contributed by atoms with Gasteiger partial charge in [-0.25, -0.2) is 19.2 Å². The van der Waals surface area contributed by atoms with Gasteiger partial charge in [-0.1, -0.05) is 0 Å². The number of carboxylic acids is 2. The van der Waals surface area contributed by atoms with Gasteiger partial charge in [-0.3, -0.25) is 15.1 Å². The van der Waals surface area contributed by atoms with Crippen molar-refractivity contribution in [2.75, 3.05) is 25.0 Å². The molecule has 5 rings (SSSR count). The Hall–Kier alpha value is -7.19. The van der Waals surface area contributed by atoms with E-state index in [0.717, 1.165) is 6.07 Å². The van der Waals surface area contributed by atoms with Gasteiger partial charge in [0.25, 0.3) is 5.91 Å². The number of benzene rings is 5. The molecule has 14 nitrogen and oxygen atoms in total. The number of aromatic carboxylic acids is 2. The zero-order valence-electron chi connectivity index (χ0n) is 27.6. The van der Waals surface area contributed by atoms with E-state index in [1.54, 1.807) is 72.8 Å². The van der Waals surface area contributed by atoms with Crippen LogP contribution in [-0.2, 0) is 20.9 Å². The lowest BCUT2D eigenvalue weighted by Gasteiger charge is -2.12. The fourth-order valence-electron chi connectivity index (χ4n) is 4.77. The number of methoxy groups -OCH3 is 2. The molecular weight excluding hydrogens is 676 g/mol. The summed E-state index contributed by atoms with van der Waals surface area (Å²) in [7, 11) is 2.42. The van der Waals surface area contributed by atoms with Crippen LogP contribution in [0, 0.1) is 0 Å². The lowest BCUT2D eigenvalue weighted by Crippen LogP contribution is -2.17. The number of amides is 1. The number of nitrogens with one attached hydrogen (secondary N) is 2. The second-order valence-electron chi connectivity index (χ2n) is 10.8. The van der Waals surface area contributed by atoms with Crippen LogP contribution in [0.5, 0.6) is 23.0 Å². The number of esters is 2. The number of carbonyl (C=O) groups is 5. The minimum absolute atomic E-state index is 0.00490. The largest absolute Gasteiger partial charge is 0.478 e. The van der Waals surface area contributed by atoms with Gasteiger partial charge in [-0.2, -0.15) is 0 Å². The zero-order chi connectivity index (χ0) is 37.2. The molecule has 0 aliphatic heterocycles. The van der Waals surface area contributed by atoms with Gasteiger partial charge in [0.05, 0.1) is 47.7 Å². The van der Waals surface area contributed by atoms with Gasteiger partial charge in [-0.05, 0) is 115 Å². The van der Waals surface area contributed by atoms with Crippen LogP contribution >= 0.6 is 0 Å². The number of carboxylic acid groups (broad SMARTS) is 2. The van der Waals surface area contributed by atoms with Crippen LogP contribution in [0.15, 0.2) is 109 Å². The van der Waals surface area contributed by atoms with Crippen molar-refractivity contribution < 1.29 is 58.0 Å². The Morgan fingerprint density at radius 1 is 0.538 bits per heavy atom. The Morgan fingerprint density at radius 2 is 0.981 bits per heavy atom. The summed E-state index contributed by atoms with van der Waals surface area (Å²) in [6.07, 6.45) is 0. The average Bonchev–Trinajstić information content (AvgIpc) is 3.16. The van der Waals surface area contributed by atoms with Crippen LogP contribution in [0.1, 0.15) is 57.4 Å². The molecule has 0 aromatic heterocycles. The Labute approximate surface area is 296 Å². The van der Waals surface area contributed by atoms with E-state index in [1.165, 1.54) is 44.6 Å². The van der Waals surface area contributed by atoms with Crippen molar-refractivity contribution >= 4 is 41.2 Å². The molecule has 52 heavy (non-hydrogen) atoms. The summed E-state index contributed by atoms with van der Waals surface area (Å²) < 4.78 is 21.2. The maximum absolute atomic E-state index is 12.9. The van der Waals surface area contributed by atoms with Gasteiger partial charge >= 0.3 is 23.9 Å². The van der Waals surface area contributed by atoms with Gasteiger partial charge in [0.2, 0.25) is 0 Å². The number of carbonyl (C=O) groups excluding carboxylic acids is 3. The molecule has 0 heterocycles. The molecule has 5 aromatic carbocycles. The molecule has 0 saturated heterocycles. The predicted octanol–water partition coefficient (Wildman–Crippen LogP) is 7.04. The highest BCUT2D eigenvalue weighted by molar-refractivity contribution is 6.12. The van der Waals surface area contributed by atoms with Crippen molar-refractivity contribution in [1.29, 1.82) is 0 Å². The highest BCUT2D eigenvalue weighted by Gasteiger charge is 2.20. The molecule has 14 heteroatoms.